The molecule has 2 aromatic carbocycles. The number of benzene rings is 2. The third-order valence-corrected chi connectivity index (χ3v) is 4.44. The van der Waals surface area contributed by atoms with E-state index >= 15 is 0 Å². The van der Waals surface area contributed by atoms with Crippen molar-refractivity contribution in [3.05, 3.63) is 62.6 Å². The minimum atomic E-state index is -0.874. The van der Waals surface area contributed by atoms with E-state index in [-0.39, 0.29) is 11.1 Å². The van der Waals surface area contributed by atoms with Crippen LogP contribution in [-0.2, 0) is 0 Å². The van der Waals surface area contributed by atoms with E-state index in [1.807, 2.05) is 13.8 Å². The largest absolute Gasteiger partial charge is 0.322 e. The van der Waals surface area contributed by atoms with Gasteiger partial charge in [0.2, 0.25) is 0 Å². The molecule has 0 fully saturated rings. The molecule has 2 rings (SSSR count). The van der Waals surface area contributed by atoms with Crippen LogP contribution < -0.4 is 5.32 Å². The molecule has 0 aliphatic rings. The fourth-order valence-electron chi connectivity index (χ4n) is 2.05. The lowest BCUT2D eigenvalue weighted by atomic mass is 10.1. The maximum atomic E-state index is 13.7. The molecule has 0 saturated carbocycles. The quantitative estimate of drug-likeness (QED) is 0.816. The summed E-state index contributed by atoms with van der Waals surface area (Å²) in [7, 11) is 0. The summed E-state index contributed by atoms with van der Waals surface area (Å²) in [5.74, 6) is -2.14. The predicted octanol–water partition coefficient (Wildman–Crippen LogP) is 4.90. The van der Waals surface area contributed by atoms with Crippen LogP contribution in [0.15, 0.2) is 28.7 Å². The van der Waals surface area contributed by atoms with E-state index in [9.17, 15) is 13.6 Å². The Hall–Kier alpha value is -1.75. The van der Waals surface area contributed by atoms with Crippen LogP contribution in [0.3, 0.4) is 0 Å². The van der Waals surface area contributed by atoms with Gasteiger partial charge in [-0.3, -0.25) is 4.79 Å². The fraction of sp³-hybridized carbons (Fsp3) is 0.188. The first-order valence-corrected chi connectivity index (χ1v) is 7.12. The molecule has 21 heavy (non-hydrogen) atoms. The van der Waals surface area contributed by atoms with Crippen molar-refractivity contribution >= 4 is 27.5 Å². The molecule has 0 aromatic heterocycles. The molecule has 0 atom stereocenters. The molecule has 110 valence electrons. The van der Waals surface area contributed by atoms with Crippen LogP contribution in [-0.4, -0.2) is 5.91 Å². The number of carbonyl (C=O) groups is 1. The normalized spacial score (nSPS) is 10.6. The van der Waals surface area contributed by atoms with Gasteiger partial charge < -0.3 is 5.32 Å². The van der Waals surface area contributed by atoms with E-state index in [1.54, 1.807) is 12.1 Å². The Balaban J connectivity index is 2.32. The Morgan fingerprint density at radius 2 is 1.52 bits per heavy atom. The van der Waals surface area contributed by atoms with Gasteiger partial charge in [-0.25, -0.2) is 8.78 Å². The van der Waals surface area contributed by atoms with E-state index < -0.39 is 17.5 Å². The van der Waals surface area contributed by atoms with Crippen LogP contribution in [0.2, 0.25) is 0 Å². The second kappa shape index (κ2) is 5.93. The number of nitrogens with one attached hydrogen (secondary N) is 1. The van der Waals surface area contributed by atoms with Crippen LogP contribution in [0.25, 0.3) is 0 Å². The number of hydrogen-bond donors (Lipinski definition) is 1. The van der Waals surface area contributed by atoms with Crippen LogP contribution in [0, 0.1) is 32.4 Å². The highest BCUT2D eigenvalue weighted by atomic mass is 79.9. The smallest absolute Gasteiger partial charge is 0.258 e. The summed E-state index contributed by atoms with van der Waals surface area (Å²) in [5.41, 5.74) is 2.54. The average molecular weight is 354 g/mol. The van der Waals surface area contributed by atoms with E-state index in [4.69, 9.17) is 0 Å². The first kappa shape index (κ1) is 15.6. The molecule has 0 radical (unpaired) electrons. The first-order chi connectivity index (χ1) is 9.79. The number of carbonyl (C=O) groups excluding carboxylic acids is 1. The van der Waals surface area contributed by atoms with E-state index in [1.165, 1.54) is 13.0 Å². The maximum Gasteiger partial charge on any atom is 0.258 e. The zero-order chi connectivity index (χ0) is 15.7. The molecule has 0 aliphatic carbocycles. The Labute approximate surface area is 130 Å². The monoisotopic (exact) mass is 353 g/mol. The summed E-state index contributed by atoms with van der Waals surface area (Å²) in [4.78, 5) is 12.1. The average Bonchev–Trinajstić information content (AvgIpc) is 2.40. The molecule has 0 saturated heterocycles. The van der Waals surface area contributed by atoms with E-state index in [0.717, 1.165) is 21.7 Å². The van der Waals surface area contributed by atoms with Crippen molar-refractivity contribution in [1.82, 2.24) is 0 Å². The molecular weight excluding hydrogens is 340 g/mol. The lowest BCUT2D eigenvalue weighted by Gasteiger charge is -2.11. The number of halogens is 3. The SMILES string of the molecule is Cc1cc(C(=O)Nc2cc(C)c(Br)c(C)c2)c(F)cc1F. The van der Waals surface area contributed by atoms with Crippen molar-refractivity contribution in [3.8, 4) is 0 Å². The molecule has 0 spiro atoms. The minimum Gasteiger partial charge on any atom is -0.322 e. The maximum absolute atomic E-state index is 13.7. The molecule has 0 bridgehead atoms. The van der Waals surface area contributed by atoms with Crippen molar-refractivity contribution in [3.63, 3.8) is 0 Å². The first-order valence-electron chi connectivity index (χ1n) is 6.33. The van der Waals surface area contributed by atoms with Gasteiger partial charge in [-0.2, -0.15) is 0 Å². The summed E-state index contributed by atoms with van der Waals surface area (Å²) < 4.78 is 27.9. The third kappa shape index (κ3) is 3.29. The number of amides is 1. The molecule has 0 aliphatic heterocycles. The predicted molar refractivity (Wildman–Crippen MR) is 82.7 cm³/mol. The van der Waals surface area contributed by atoms with Gasteiger partial charge in [0.25, 0.3) is 5.91 Å². The van der Waals surface area contributed by atoms with Gasteiger partial charge in [0.05, 0.1) is 5.56 Å². The van der Waals surface area contributed by atoms with Crippen molar-refractivity contribution in [2.75, 3.05) is 5.32 Å². The molecule has 0 heterocycles. The topological polar surface area (TPSA) is 29.1 Å². The van der Waals surface area contributed by atoms with E-state index in [2.05, 4.69) is 21.2 Å². The van der Waals surface area contributed by atoms with Gasteiger partial charge >= 0.3 is 0 Å². The number of hydrogen-bond acceptors (Lipinski definition) is 1. The number of rotatable bonds is 2. The van der Waals surface area contributed by atoms with Gasteiger partial charge in [-0.1, -0.05) is 15.9 Å². The molecule has 1 amide bonds. The highest BCUT2D eigenvalue weighted by Crippen LogP contribution is 2.25. The Bertz CT molecular complexity index is 705. The molecule has 2 nitrogen and oxygen atoms in total. The zero-order valence-corrected chi connectivity index (χ0v) is 13.4. The van der Waals surface area contributed by atoms with Gasteiger partial charge in [0, 0.05) is 16.2 Å². The molecule has 0 unspecified atom stereocenters. The summed E-state index contributed by atoms with van der Waals surface area (Å²) >= 11 is 3.44. The number of anilines is 1. The van der Waals surface area contributed by atoms with Crippen LogP contribution in [0.4, 0.5) is 14.5 Å². The Morgan fingerprint density at radius 1 is 0.952 bits per heavy atom. The Kier molecular flexibility index (Phi) is 4.42. The third-order valence-electron chi connectivity index (χ3n) is 3.19. The lowest BCUT2D eigenvalue weighted by Crippen LogP contribution is -2.14. The van der Waals surface area contributed by atoms with Crippen LogP contribution >= 0.6 is 15.9 Å². The second-order valence-corrected chi connectivity index (χ2v) is 5.75. The molecule has 5 heteroatoms. The zero-order valence-electron chi connectivity index (χ0n) is 11.9. The standard InChI is InChI=1S/C16H14BrF2NO/c1-8-6-12(14(19)7-13(8)18)16(21)20-11-4-9(2)15(17)10(3)5-11/h4-7H,1-3H3,(H,20,21). The highest BCUT2D eigenvalue weighted by Gasteiger charge is 2.15. The van der Waals surface area contributed by atoms with Crippen LogP contribution in [0.5, 0.6) is 0 Å². The number of aryl methyl sites for hydroxylation is 3. The van der Waals surface area contributed by atoms with Crippen molar-refractivity contribution in [1.29, 1.82) is 0 Å². The van der Waals surface area contributed by atoms with Crippen molar-refractivity contribution in [2.24, 2.45) is 0 Å². The van der Waals surface area contributed by atoms with Gasteiger partial charge in [0.15, 0.2) is 0 Å². The van der Waals surface area contributed by atoms with Crippen molar-refractivity contribution in [2.45, 2.75) is 20.8 Å². The summed E-state index contributed by atoms with van der Waals surface area (Å²) in [6.07, 6.45) is 0. The summed E-state index contributed by atoms with van der Waals surface area (Å²) in [6.45, 7) is 5.28. The second-order valence-electron chi connectivity index (χ2n) is 4.96. The Morgan fingerprint density at radius 3 is 2.10 bits per heavy atom. The van der Waals surface area contributed by atoms with E-state index in [0.29, 0.717) is 5.69 Å². The fourth-order valence-corrected chi connectivity index (χ4v) is 2.28. The van der Waals surface area contributed by atoms with Gasteiger partial charge in [-0.15, -0.1) is 0 Å². The molecular formula is C16H14BrF2NO. The van der Waals surface area contributed by atoms with Crippen molar-refractivity contribution < 1.29 is 13.6 Å². The van der Waals surface area contributed by atoms with Crippen LogP contribution in [0.1, 0.15) is 27.0 Å². The summed E-state index contributed by atoms with van der Waals surface area (Å²) in [6, 6.07) is 5.49. The van der Waals surface area contributed by atoms with Gasteiger partial charge in [0.1, 0.15) is 11.6 Å². The highest BCUT2D eigenvalue weighted by molar-refractivity contribution is 9.10. The van der Waals surface area contributed by atoms with Gasteiger partial charge in [-0.05, 0) is 55.7 Å². The molecule has 1 N–H and O–H groups in total. The molecule has 2 aromatic rings. The summed E-state index contributed by atoms with van der Waals surface area (Å²) in [5, 5.41) is 2.63. The lowest BCUT2D eigenvalue weighted by molar-refractivity contribution is 0.102. The minimum absolute atomic E-state index is 0.174.